The zero-order valence-electron chi connectivity index (χ0n) is 18.4. The number of carbonyl (C=O) groups is 2. The van der Waals surface area contributed by atoms with Crippen LogP contribution in [0.15, 0.2) is 48.5 Å². The molecule has 1 fully saturated rings. The van der Waals surface area contributed by atoms with Gasteiger partial charge in [-0.3, -0.25) is 9.59 Å². The van der Waals surface area contributed by atoms with Gasteiger partial charge in [0, 0.05) is 30.5 Å². The van der Waals surface area contributed by atoms with Gasteiger partial charge in [0.15, 0.2) is 0 Å². The SMILES string of the molecule is COc1ccccc1C(C#N)NC(=O)[C@@H]1CCCC[C@H]1C(=O)N1CCc2ccccc2C1. The molecule has 0 bridgehead atoms. The van der Waals surface area contributed by atoms with Crippen LogP contribution in [0.1, 0.15) is 48.4 Å². The summed E-state index contributed by atoms with van der Waals surface area (Å²) in [5, 5.41) is 12.6. The van der Waals surface area contributed by atoms with Crippen molar-refractivity contribution in [3.05, 3.63) is 65.2 Å². The number of nitrogens with one attached hydrogen (secondary N) is 1. The minimum Gasteiger partial charge on any atom is -0.496 e. The van der Waals surface area contributed by atoms with Crippen LogP contribution in [-0.4, -0.2) is 30.4 Å². The maximum absolute atomic E-state index is 13.5. The molecule has 3 atom stereocenters. The third kappa shape index (κ3) is 4.47. The van der Waals surface area contributed by atoms with Crippen LogP contribution in [-0.2, 0) is 22.6 Å². The number of methoxy groups -OCH3 is 1. The van der Waals surface area contributed by atoms with E-state index in [-0.39, 0.29) is 17.7 Å². The van der Waals surface area contributed by atoms with E-state index in [0.717, 1.165) is 19.3 Å². The Hall–Kier alpha value is -3.33. The highest BCUT2D eigenvalue weighted by molar-refractivity contribution is 5.88. The van der Waals surface area contributed by atoms with Gasteiger partial charge in [-0.25, -0.2) is 0 Å². The average Bonchev–Trinajstić information content (AvgIpc) is 2.86. The smallest absolute Gasteiger partial charge is 0.226 e. The first kappa shape index (κ1) is 21.9. The Balaban J connectivity index is 1.49. The third-order valence-electron chi connectivity index (χ3n) is 6.73. The number of nitriles is 1. The van der Waals surface area contributed by atoms with Crippen molar-refractivity contribution in [2.24, 2.45) is 11.8 Å². The topological polar surface area (TPSA) is 82.4 Å². The number of carbonyl (C=O) groups excluding carboxylic acids is 2. The van der Waals surface area contributed by atoms with Gasteiger partial charge in [-0.15, -0.1) is 0 Å². The van der Waals surface area contributed by atoms with Crippen molar-refractivity contribution in [3.8, 4) is 11.8 Å². The largest absolute Gasteiger partial charge is 0.496 e. The molecule has 1 unspecified atom stereocenters. The van der Waals surface area contributed by atoms with Gasteiger partial charge >= 0.3 is 0 Å². The fraction of sp³-hybridized carbons (Fsp3) is 0.423. The Bertz CT molecular complexity index is 1030. The molecule has 32 heavy (non-hydrogen) atoms. The van der Waals surface area contributed by atoms with Gasteiger partial charge in [0.25, 0.3) is 0 Å². The Morgan fingerprint density at radius 2 is 1.75 bits per heavy atom. The van der Waals surface area contributed by atoms with Crippen molar-refractivity contribution in [2.75, 3.05) is 13.7 Å². The molecule has 6 nitrogen and oxygen atoms in total. The molecule has 2 aromatic rings. The zero-order valence-corrected chi connectivity index (χ0v) is 18.4. The lowest BCUT2D eigenvalue weighted by molar-refractivity contribution is -0.144. The Labute approximate surface area is 189 Å². The predicted octanol–water partition coefficient (Wildman–Crippen LogP) is 3.77. The van der Waals surface area contributed by atoms with Gasteiger partial charge in [-0.2, -0.15) is 5.26 Å². The first-order chi connectivity index (χ1) is 15.6. The van der Waals surface area contributed by atoms with E-state index in [9.17, 15) is 14.9 Å². The molecule has 1 aliphatic heterocycles. The minimum atomic E-state index is -0.821. The van der Waals surface area contributed by atoms with Crippen LogP contribution in [0.25, 0.3) is 0 Å². The van der Waals surface area contributed by atoms with Crippen molar-refractivity contribution >= 4 is 11.8 Å². The zero-order chi connectivity index (χ0) is 22.5. The van der Waals surface area contributed by atoms with Crippen LogP contribution in [0, 0.1) is 23.2 Å². The molecule has 0 radical (unpaired) electrons. The van der Waals surface area contributed by atoms with Crippen LogP contribution < -0.4 is 10.1 Å². The molecule has 2 amide bonds. The van der Waals surface area contributed by atoms with E-state index in [2.05, 4.69) is 23.5 Å². The molecule has 1 N–H and O–H groups in total. The second kappa shape index (κ2) is 9.86. The molecule has 1 saturated carbocycles. The van der Waals surface area contributed by atoms with Gasteiger partial charge in [-0.05, 0) is 36.5 Å². The quantitative estimate of drug-likeness (QED) is 0.781. The van der Waals surface area contributed by atoms with Crippen LogP contribution in [0.4, 0.5) is 0 Å². The summed E-state index contributed by atoms with van der Waals surface area (Å²) in [6.45, 7) is 1.28. The second-order valence-corrected chi connectivity index (χ2v) is 8.59. The fourth-order valence-corrected chi connectivity index (χ4v) is 4.99. The van der Waals surface area contributed by atoms with Crippen molar-refractivity contribution in [3.63, 3.8) is 0 Å². The summed E-state index contributed by atoms with van der Waals surface area (Å²) in [5.41, 5.74) is 3.10. The van der Waals surface area contributed by atoms with E-state index in [1.807, 2.05) is 29.2 Å². The van der Waals surface area contributed by atoms with E-state index >= 15 is 0 Å². The summed E-state index contributed by atoms with van der Waals surface area (Å²) in [6, 6.07) is 16.8. The van der Waals surface area contributed by atoms with Crippen LogP contribution >= 0.6 is 0 Å². The lowest BCUT2D eigenvalue weighted by Crippen LogP contribution is -2.47. The number of ether oxygens (including phenoxy) is 1. The summed E-state index contributed by atoms with van der Waals surface area (Å²) in [7, 11) is 1.54. The van der Waals surface area contributed by atoms with E-state index in [0.29, 0.717) is 37.2 Å². The summed E-state index contributed by atoms with van der Waals surface area (Å²) in [5.74, 6) is -0.365. The standard InChI is InChI=1S/C26H29N3O3/c1-32-24-13-7-6-12-22(24)23(16-27)28-25(30)20-10-4-5-11-21(20)26(31)29-15-14-18-8-2-3-9-19(18)17-29/h2-3,6-9,12-13,20-21,23H,4-5,10-11,14-15,17H2,1H3,(H,28,30)/t20-,21-,23?/m1/s1. The first-order valence-electron chi connectivity index (χ1n) is 11.3. The minimum absolute atomic E-state index is 0.0603. The number of para-hydroxylation sites is 1. The normalized spacial score (nSPS) is 21.1. The maximum Gasteiger partial charge on any atom is 0.226 e. The van der Waals surface area contributed by atoms with Crippen LogP contribution in [0.2, 0.25) is 0 Å². The van der Waals surface area contributed by atoms with Crippen molar-refractivity contribution in [1.82, 2.24) is 10.2 Å². The number of hydrogen-bond acceptors (Lipinski definition) is 4. The van der Waals surface area contributed by atoms with E-state index in [1.54, 1.807) is 19.2 Å². The molecule has 2 aliphatic rings. The van der Waals surface area contributed by atoms with Crippen molar-refractivity contribution < 1.29 is 14.3 Å². The Morgan fingerprint density at radius 1 is 1.06 bits per heavy atom. The molecule has 166 valence electrons. The molecular weight excluding hydrogens is 402 g/mol. The number of rotatable bonds is 5. The molecule has 1 aliphatic carbocycles. The van der Waals surface area contributed by atoms with Gasteiger partial charge < -0.3 is 15.0 Å². The highest BCUT2D eigenvalue weighted by Crippen LogP contribution is 2.34. The van der Waals surface area contributed by atoms with Gasteiger partial charge in [0.2, 0.25) is 11.8 Å². The number of hydrogen-bond donors (Lipinski definition) is 1. The number of nitrogens with zero attached hydrogens (tertiary/aromatic N) is 2. The highest BCUT2D eigenvalue weighted by atomic mass is 16.5. The monoisotopic (exact) mass is 431 g/mol. The number of fused-ring (bicyclic) bond motifs is 1. The third-order valence-corrected chi connectivity index (χ3v) is 6.73. The lowest BCUT2D eigenvalue weighted by atomic mass is 9.77. The maximum atomic E-state index is 13.5. The molecule has 4 rings (SSSR count). The molecule has 1 heterocycles. The summed E-state index contributed by atoms with van der Waals surface area (Å²) >= 11 is 0. The number of amides is 2. The molecule has 0 aromatic heterocycles. The van der Waals surface area contributed by atoms with E-state index in [1.165, 1.54) is 11.1 Å². The van der Waals surface area contributed by atoms with Gasteiger partial charge in [0.05, 0.1) is 13.2 Å². The molecular formula is C26H29N3O3. The molecule has 0 saturated heterocycles. The summed E-state index contributed by atoms with van der Waals surface area (Å²) in [4.78, 5) is 28.6. The Morgan fingerprint density at radius 3 is 2.50 bits per heavy atom. The molecule has 0 spiro atoms. The van der Waals surface area contributed by atoms with Crippen LogP contribution in [0.3, 0.4) is 0 Å². The number of benzene rings is 2. The summed E-state index contributed by atoms with van der Waals surface area (Å²) < 4.78 is 5.36. The van der Waals surface area contributed by atoms with Gasteiger partial charge in [-0.1, -0.05) is 55.3 Å². The second-order valence-electron chi connectivity index (χ2n) is 8.59. The van der Waals surface area contributed by atoms with Crippen molar-refractivity contribution in [1.29, 1.82) is 5.26 Å². The van der Waals surface area contributed by atoms with E-state index in [4.69, 9.17) is 4.74 Å². The van der Waals surface area contributed by atoms with E-state index < -0.39 is 12.0 Å². The fourth-order valence-electron chi connectivity index (χ4n) is 4.99. The average molecular weight is 432 g/mol. The first-order valence-corrected chi connectivity index (χ1v) is 11.3. The van der Waals surface area contributed by atoms with Gasteiger partial charge in [0.1, 0.15) is 11.8 Å². The Kier molecular flexibility index (Phi) is 6.75. The molecule has 2 aromatic carbocycles. The highest BCUT2D eigenvalue weighted by Gasteiger charge is 2.39. The summed E-state index contributed by atoms with van der Waals surface area (Å²) in [6.07, 6.45) is 4.07. The predicted molar refractivity (Wildman–Crippen MR) is 121 cm³/mol. The van der Waals surface area contributed by atoms with Crippen molar-refractivity contribution in [2.45, 2.75) is 44.7 Å². The molecule has 6 heteroatoms. The van der Waals surface area contributed by atoms with Crippen LogP contribution in [0.5, 0.6) is 5.75 Å². The lowest BCUT2D eigenvalue weighted by Gasteiger charge is -2.36.